The van der Waals surface area contributed by atoms with Crippen LogP contribution in [0.5, 0.6) is 0 Å². The van der Waals surface area contributed by atoms with Crippen molar-refractivity contribution in [2.75, 3.05) is 0 Å². The molecule has 2 rings (SSSR count). The monoisotopic (exact) mass is 243 g/mol. The fourth-order valence-corrected chi connectivity index (χ4v) is 2.30. The fraction of sp³-hybridized carbons (Fsp3) is 0.400. The van der Waals surface area contributed by atoms with E-state index in [4.69, 9.17) is 5.84 Å². The largest absolute Gasteiger partial charge is 0.271 e. The lowest BCUT2D eigenvalue weighted by molar-refractivity contribution is 0.307. The molecule has 3 nitrogen and oxygen atoms in total. The van der Waals surface area contributed by atoms with Crippen LogP contribution in [0.15, 0.2) is 36.7 Å². The first-order chi connectivity index (χ1) is 8.65. The average molecular weight is 243 g/mol. The standard InChI is InChI=1S/C15H21N3/c1-10(2)11(3)15(18-16)14-9-17-8-12-6-4-5-7-13(12)14/h4-11,15,18H,16H2,1-3H3. The normalized spacial score (nSPS) is 14.9. The molecule has 0 aliphatic rings. The summed E-state index contributed by atoms with van der Waals surface area (Å²) < 4.78 is 0. The van der Waals surface area contributed by atoms with Crippen LogP contribution >= 0.6 is 0 Å². The lowest BCUT2D eigenvalue weighted by atomic mass is 9.85. The zero-order chi connectivity index (χ0) is 13.1. The Morgan fingerprint density at radius 2 is 1.83 bits per heavy atom. The zero-order valence-corrected chi connectivity index (χ0v) is 11.2. The highest BCUT2D eigenvalue weighted by atomic mass is 15.2. The molecule has 0 amide bonds. The summed E-state index contributed by atoms with van der Waals surface area (Å²) in [5, 5.41) is 2.38. The molecule has 1 heterocycles. The maximum atomic E-state index is 5.76. The molecule has 1 aromatic heterocycles. The molecule has 0 aliphatic heterocycles. The van der Waals surface area contributed by atoms with Crippen LogP contribution in [-0.4, -0.2) is 4.98 Å². The summed E-state index contributed by atoms with van der Waals surface area (Å²) in [5.74, 6) is 6.76. The van der Waals surface area contributed by atoms with E-state index in [2.05, 4.69) is 49.4 Å². The third kappa shape index (κ3) is 2.37. The van der Waals surface area contributed by atoms with Crippen molar-refractivity contribution in [3.63, 3.8) is 0 Å². The second-order valence-corrected chi connectivity index (χ2v) is 5.20. The Hall–Kier alpha value is -1.45. The van der Waals surface area contributed by atoms with Gasteiger partial charge in [0.1, 0.15) is 0 Å². The molecule has 0 radical (unpaired) electrons. The van der Waals surface area contributed by atoms with Crippen molar-refractivity contribution < 1.29 is 0 Å². The van der Waals surface area contributed by atoms with Crippen LogP contribution in [0.3, 0.4) is 0 Å². The predicted molar refractivity (Wildman–Crippen MR) is 75.8 cm³/mol. The number of hydrogen-bond acceptors (Lipinski definition) is 3. The van der Waals surface area contributed by atoms with Crippen LogP contribution < -0.4 is 11.3 Å². The van der Waals surface area contributed by atoms with E-state index >= 15 is 0 Å². The molecule has 0 bridgehead atoms. The van der Waals surface area contributed by atoms with Crippen molar-refractivity contribution in [1.82, 2.24) is 10.4 Å². The molecule has 0 saturated carbocycles. The first-order valence-electron chi connectivity index (χ1n) is 6.44. The topological polar surface area (TPSA) is 50.9 Å². The Kier molecular flexibility index (Phi) is 3.94. The van der Waals surface area contributed by atoms with Gasteiger partial charge < -0.3 is 0 Å². The summed E-state index contributed by atoms with van der Waals surface area (Å²) in [7, 11) is 0. The van der Waals surface area contributed by atoms with Gasteiger partial charge in [-0.05, 0) is 22.8 Å². The van der Waals surface area contributed by atoms with Crippen molar-refractivity contribution in [3.8, 4) is 0 Å². The van der Waals surface area contributed by atoms with Gasteiger partial charge in [-0.15, -0.1) is 0 Å². The Morgan fingerprint density at radius 3 is 2.50 bits per heavy atom. The first kappa shape index (κ1) is 13.0. The minimum atomic E-state index is 0.128. The number of benzene rings is 1. The SMILES string of the molecule is CC(C)C(C)C(NN)c1cncc2ccccc12. The molecule has 0 spiro atoms. The quantitative estimate of drug-likeness (QED) is 0.641. The van der Waals surface area contributed by atoms with Gasteiger partial charge in [0.15, 0.2) is 0 Å². The Bertz CT molecular complexity index is 517. The second-order valence-electron chi connectivity index (χ2n) is 5.20. The molecular formula is C15H21N3. The average Bonchev–Trinajstić information content (AvgIpc) is 2.39. The molecule has 0 aliphatic carbocycles. The molecule has 2 aromatic rings. The van der Waals surface area contributed by atoms with Crippen molar-refractivity contribution in [2.24, 2.45) is 17.7 Å². The van der Waals surface area contributed by atoms with Crippen molar-refractivity contribution >= 4 is 10.8 Å². The Morgan fingerprint density at radius 1 is 1.11 bits per heavy atom. The Labute approximate surface area is 108 Å². The number of fused-ring (bicyclic) bond motifs is 1. The molecule has 0 saturated heterocycles. The minimum Gasteiger partial charge on any atom is -0.271 e. The van der Waals surface area contributed by atoms with Crippen LogP contribution in [0.2, 0.25) is 0 Å². The highest BCUT2D eigenvalue weighted by molar-refractivity contribution is 5.85. The number of nitrogens with one attached hydrogen (secondary N) is 1. The Balaban J connectivity index is 2.51. The van der Waals surface area contributed by atoms with Gasteiger partial charge in [0.2, 0.25) is 0 Å². The molecule has 96 valence electrons. The molecule has 3 heteroatoms. The van der Waals surface area contributed by atoms with E-state index in [1.54, 1.807) is 0 Å². The van der Waals surface area contributed by atoms with Gasteiger partial charge in [-0.1, -0.05) is 45.0 Å². The lowest BCUT2D eigenvalue weighted by Crippen LogP contribution is -2.34. The smallest absolute Gasteiger partial charge is 0.0509 e. The van der Waals surface area contributed by atoms with Crippen LogP contribution in [-0.2, 0) is 0 Å². The molecular weight excluding hydrogens is 222 g/mol. The number of rotatable bonds is 4. The van der Waals surface area contributed by atoms with Gasteiger partial charge in [0, 0.05) is 17.8 Å². The van der Waals surface area contributed by atoms with Crippen molar-refractivity contribution in [3.05, 3.63) is 42.2 Å². The van der Waals surface area contributed by atoms with Gasteiger partial charge >= 0.3 is 0 Å². The summed E-state index contributed by atoms with van der Waals surface area (Å²) in [6, 6.07) is 8.43. The van der Waals surface area contributed by atoms with Crippen LogP contribution in [0.4, 0.5) is 0 Å². The maximum absolute atomic E-state index is 5.76. The van der Waals surface area contributed by atoms with E-state index in [-0.39, 0.29) is 6.04 Å². The fourth-order valence-electron chi connectivity index (χ4n) is 2.30. The van der Waals surface area contributed by atoms with Crippen LogP contribution in [0, 0.1) is 11.8 Å². The van der Waals surface area contributed by atoms with Gasteiger partial charge in [0.05, 0.1) is 6.04 Å². The molecule has 2 atom stereocenters. The van der Waals surface area contributed by atoms with E-state index < -0.39 is 0 Å². The number of aromatic nitrogens is 1. The molecule has 18 heavy (non-hydrogen) atoms. The number of hydrogen-bond donors (Lipinski definition) is 2. The van der Waals surface area contributed by atoms with Gasteiger partial charge in [-0.3, -0.25) is 16.3 Å². The lowest BCUT2D eigenvalue weighted by Gasteiger charge is -2.27. The molecule has 2 unspecified atom stereocenters. The summed E-state index contributed by atoms with van der Waals surface area (Å²) >= 11 is 0. The van der Waals surface area contributed by atoms with E-state index in [9.17, 15) is 0 Å². The van der Waals surface area contributed by atoms with E-state index in [0.717, 1.165) is 5.39 Å². The molecule has 0 fully saturated rings. The summed E-state index contributed by atoms with van der Waals surface area (Å²) in [6.45, 7) is 6.65. The van der Waals surface area contributed by atoms with E-state index in [0.29, 0.717) is 11.8 Å². The summed E-state index contributed by atoms with van der Waals surface area (Å²) in [6.07, 6.45) is 3.82. The summed E-state index contributed by atoms with van der Waals surface area (Å²) in [4.78, 5) is 4.33. The number of pyridine rings is 1. The third-order valence-corrected chi connectivity index (χ3v) is 3.79. The van der Waals surface area contributed by atoms with Crippen molar-refractivity contribution in [2.45, 2.75) is 26.8 Å². The highest BCUT2D eigenvalue weighted by Crippen LogP contribution is 2.31. The van der Waals surface area contributed by atoms with E-state index in [1.165, 1.54) is 10.9 Å². The molecule has 3 N–H and O–H groups in total. The van der Waals surface area contributed by atoms with Crippen molar-refractivity contribution in [1.29, 1.82) is 0 Å². The van der Waals surface area contributed by atoms with Crippen LogP contribution in [0.25, 0.3) is 10.8 Å². The number of nitrogens with zero attached hydrogens (tertiary/aromatic N) is 1. The number of hydrazine groups is 1. The van der Waals surface area contributed by atoms with Gasteiger partial charge in [0.25, 0.3) is 0 Å². The second kappa shape index (κ2) is 5.46. The van der Waals surface area contributed by atoms with Crippen LogP contribution in [0.1, 0.15) is 32.4 Å². The third-order valence-electron chi connectivity index (χ3n) is 3.79. The molecule has 1 aromatic carbocycles. The predicted octanol–water partition coefficient (Wildman–Crippen LogP) is 3.03. The number of nitrogens with two attached hydrogens (primary N) is 1. The summed E-state index contributed by atoms with van der Waals surface area (Å²) in [5.41, 5.74) is 4.13. The maximum Gasteiger partial charge on any atom is 0.0509 e. The zero-order valence-electron chi connectivity index (χ0n) is 11.2. The first-order valence-corrected chi connectivity index (χ1v) is 6.44. The minimum absolute atomic E-state index is 0.128. The van der Waals surface area contributed by atoms with Gasteiger partial charge in [-0.2, -0.15) is 0 Å². The van der Waals surface area contributed by atoms with E-state index in [1.807, 2.05) is 18.5 Å². The highest BCUT2D eigenvalue weighted by Gasteiger charge is 2.22. The van der Waals surface area contributed by atoms with Gasteiger partial charge in [-0.25, -0.2) is 0 Å².